The Hall–Kier alpha value is -1.40. The summed E-state index contributed by atoms with van der Waals surface area (Å²) in [5.41, 5.74) is 0. The maximum Gasteiger partial charge on any atom is 0.333 e. The van der Waals surface area contributed by atoms with Crippen LogP contribution in [0.1, 0.15) is 27.7 Å². The fourth-order valence-corrected chi connectivity index (χ4v) is 1.08. The first kappa shape index (κ1) is 16.6. The number of esters is 2. The van der Waals surface area contributed by atoms with Gasteiger partial charge in [0, 0.05) is 25.4 Å². The van der Waals surface area contributed by atoms with Crippen LogP contribution in [0.2, 0.25) is 0 Å². The van der Waals surface area contributed by atoms with E-state index < -0.39 is 24.5 Å². The number of ether oxygens (including phenoxy) is 4. The third kappa shape index (κ3) is 8.72. The summed E-state index contributed by atoms with van der Waals surface area (Å²) in [4.78, 5) is 22.4. The molecule has 0 aliphatic heterocycles. The molecule has 104 valence electrons. The number of rotatable bonds is 8. The van der Waals surface area contributed by atoms with Crippen molar-refractivity contribution in [1.82, 2.24) is 0 Å². The first-order chi connectivity index (χ1) is 8.49. The van der Waals surface area contributed by atoms with Crippen molar-refractivity contribution < 1.29 is 28.5 Å². The normalized spacial score (nSPS) is 14.2. The molecule has 0 aliphatic carbocycles. The molecule has 0 aromatic carbocycles. The van der Waals surface area contributed by atoms with Crippen LogP contribution in [0.15, 0.2) is 12.2 Å². The molecule has 0 aliphatic rings. The molecule has 0 aromatic heterocycles. The number of carbonyl (C=O) groups is 2. The Bertz CT molecular complexity index is 258. The predicted molar refractivity (Wildman–Crippen MR) is 63.5 cm³/mol. The highest BCUT2D eigenvalue weighted by Gasteiger charge is 2.08. The van der Waals surface area contributed by atoms with Crippen molar-refractivity contribution in [2.45, 2.75) is 40.3 Å². The first-order valence-electron chi connectivity index (χ1n) is 5.82. The Kier molecular flexibility index (Phi) is 8.86. The predicted octanol–water partition coefficient (Wildman–Crippen LogP) is 1.39. The molecule has 2 unspecified atom stereocenters. The van der Waals surface area contributed by atoms with E-state index in [0.29, 0.717) is 13.2 Å². The molecule has 0 saturated carbocycles. The van der Waals surface area contributed by atoms with Gasteiger partial charge in [-0.25, -0.2) is 9.59 Å². The van der Waals surface area contributed by atoms with Crippen LogP contribution in [0.5, 0.6) is 0 Å². The van der Waals surface area contributed by atoms with E-state index in [4.69, 9.17) is 18.9 Å². The summed E-state index contributed by atoms with van der Waals surface area (Å²) in [6, 6.07) is 0. The van der Waals surface area contributed by atoms with Crippen LogP contribution in [-0.2, 0) is 28.5 Å². The Morgan fingerprint density at radius 3 is 1.50 bits per heavy atom. The van der Waals surface area contributed by atoms with E-state index in [9.17, 15) is 9.59 Å². The summed E-state index contributed by atoms with van der Waals surface area (Å²) < 4.78 is 19.6. The largest absolute Gasteiger partial charge is 0.433 e. The number of hydrogen-bond donors (Lipinski definition) is 0. The first-order valence-corrected chi connectivity index (χ1v) is 5.82. The van der Waals surface area contributed by atoms with E-state index in [1.165, 1.54) is 0 Å². The number of hydrogen-bond acceptors (Lipinski definition) is 6. The van der Waals surface area contributed by atoms with Gasteiger partial charge in [0.1, 0.15) is 0 Å². The Morgan fingerprint density at radius 1 is 0.889 bits per heavy atom. The average molecular weight is 260 g/mol. The van der Waals surface area contributed by atoms with Crippen LogP contribution in [-0.4, -0.2) is 37.7 Å². The zero-order chi connectivity index (χ0) is 14.0. The summed E-state index contributed by atoms with van der Waals surface area (Å²) in [5.74, 6) is -1.34. The zero-order valence-electron chi connectivity index (χ0n) is 11.2. The molecule has 18 heavy (non-hydrogen) atoms. The molecule has 0 heterocycles. The van der Waals surface area contributed by atoms with Gasteiger partial charge in [0.25, 0.3) is 0 Å². The zero-order valence-corrected chi connectivity index (χ0v) is 11.2. The second-order valence-electron chi connectivity index (χ2n) is 3.25. The van der Waals surface area contributed by atoms with E-state index >= 15 is 0 Å². The van der Waals surface area contributed by atoms with E-state index in [2.05, 4.69) is 0 Å². The topological polar surface area (TPSA) is 71.1 Å². The number of carbonyl (C=O) groups excluding carboxylic acids is 2. The maximum absolute atomic E-state index is 11.2. The van der Waals surface area contributed by atoms with Gasteiger partial charge in [0.05, 0.1) is 0 Å². The standard InChI is InChI=1S/C12H20O6/c1-5-15-9(3)17-11(13)7-8-12(14)18-10(4)16-6-2/h7-10H,5-6H2,1-4H3. The summed E-state index contributed by atoms with van der Waals surface area (Å²) >= 11 is 0. The smallest absolute Gasteiger partial charge is 0.333 e. The quantitative estimate of drug-likeness (QED) is 0.373. The lowest BCUT2D eigenvalue weighted by Gasteiger charge is -2.11. The highest BCUT2D eigenvalue weighted by atomic mass is 16.7. The average Bonchev–Trinajstić information content (AvgIpc) is 2.27. The lowest BCUT2D eigenvalue weighted by molar-refractivity contribution is -0.170. The maximum atomic E-state index is 11.2. The van der Waals surface area contributed by atoms with Gasteiger partial charge in [-0.2, -0.15) is 0 Å². The SMILES string of the molecule is CCOC(C)OC(=O)C=CC(=O)OC(C)OCC. The van der Waals surface area contributed by atoms with Crippen LogP contribution in [0.25, 0.3) is 0 Å². The van der Waals surface area contributed by atoms with Crippen molar-refractivity contribution in [1.29, 1.82) is 0 Å². The van der Waals surface area contributed by atoms with Crippen LogP contribution >= 0.6 is 0 Å². The molecule has 0 bridgehead atoms. The Balaban J connectivity index is 3.98. The minimum absolute atomic E-state index is 0.437. The van der Waals surface area contributed by atoms with Crippen molar-refractivity contribution in [2.24, 2.45) is 0 Å². The fourth-order valence-electron chi connectivity index (χ4n) is 1.08. The molecule has 6 heteroatoms. The molecule has 0 fully saturated rings. The molecule has 0 aromatic rings. The van der Waals surface area contributed by atoms with Gasteiger partial charge in [0.15, 0.2) is 12.6 Å². The lowest BCUT2D eigenvalue weighted by Crippen LogP contribution is -2.18. The van der Waals surface area contributed by atoms with E-state index in [1.54, 1.807) is 27.7 Å². The molecule has 0 radical (unpaired) electrons. The van der Waals surface area contributed by atoms with Crippen LogP contribution in [0.3, 0.4) is 0 Å². The van der Waals surface area contributed by atoms with Crippen molar-refractivity contribution in [3.05, 3.63) is 12.2 Å². The van der Waals surface area contributed by atoms with Gasteiger partial charge < -0.3 is 18.9 Å². The summed E-state index contributed by atoms with van der Waals surface area (Å²) in [6.45, 7) is 7.62. The molecule has 6 nitrogen and oxygen atoms in total. The highest BCUT2D eigenvalue weighted by molar-refractivity contribution is 5.91. The monoisotopic (exact) mass is 260 g/mol. The molecule has 0 spiro atoms. The molecule has 0 rings (SSSR count). The van der Waals surface area contributed by atoms with E-state index in [1.807, 2.05) is 0 Å². The van der Waals surface area contributed by atoms with Crippen molar-refractivity contribution in [3.8, 4) is 0 Å². The highest BCUT2D eigenvalue weighted by Crippen LogP contribution is 1.97. The van der Waals surface area contributed by atoms with Crippen molar-refractivity contribution >= 4 is 11.9 Å². The Labute approximate surface area is 107 Å². The Morgan fingerprint density at radius 2 is 1.22 bits per heavy atom. The lowest BCUT2D eigenvalue weighted by atomic mass is 10.5. The second-order valence-corrected chi connectivity index (χ2v) is 3.25. The van der Waals surface area contributed by atoms with Crippen LogP contribution in [0.4, 0.5) is 0 Å². The fraction of sp³-hybridized carbons (Fsp3) is 0.667. The van der Waals surface area contributed by atoms with Crippen molar-refractivity contribution in [3.63, 3.8) is 0 Å². The van der Waals surface area contributed by atoms with Crippen LogP contribution < -0.4 is 0 Å². The molecule has 2 atom stereocenters. The molecule has 0 saturated heterocycles. The molecule has 0 N–H and O–H groups in total. The summed E-state index contributed by atoms with van der Waals surface area (Å²) in [5, 5.41) is 0. The van der Waals surface area contributed by atoms with E-state index in [0.717, 1.165) is 12.2 Å². The van der Waals surface area contributed by atoms with Gasteiger partial charge in [-0.3, -0.25) is 0 Å². The van der Waals surface area contributed by atoms with Crippen molar-refractivity contribution in [2.75, 3.05) is 13.2 Å². The second kappa shape index (κ2) is 9.61. The molecular weight excluding hydrogens is 240 g/mol. The minimum Gasteiger partial charge on any atom is -0.433 e. The molecular formula is C12H20O6. The third-order valence-electron chi connectivity index (χ3n) is 1.72. The van der Waals surface area contributed by atoms with E-state index in [-0.39, 0.29) is 0 Å². The minimum atomic E-state index is -0.669. The van der Waals surface area contributed by atoms with Gasteiger partial charge in [0.2, 0.25) is 0 Å². The van der Waals surface area contributed by atoms with Gasteiger partial charge in [-0.05, 0) is 27.7 Å². The molecule has 0 amide bonds. The van der Waals surface area contributed by atoms with Gasteiger partial charge in [-0.1, -0.05) is 0 Å². The summed E-state index contributed by atoms with van der Waals surface area (Å²) in [6.07, 6.45) is 0.670. The van der Waals surface area contributed by atoms with Crippen LogP contribution in [0, 0.1) is 0 Å². The van der Waals surface area contributed by atoms with Gasteiger partial charge in [-0.15, -0.1) is 0 Å². The van der Waals surface area contributed by atoms with Gasteiger partial charge >= 0.3 is 11.9 Å². The summed E-state index contributed by atoms with van der Waals surface area (Å²) in [7, 11) is 0. The third-order valence-corrected chi connectivity index (χ3v) is 1.72.